The van der Waals surface area contributed by atoms with E-state index < -0.39 is 10.0 Å². The van der Waals surface area contributed by atoms with Crippen LogP contribution >= 0.6 is 0 Å². The molecule has 2 heterocycles. The van der Waals surface area contributed by atoms with E-state index in [1.54, 1.807) is 52.4 Å². The number of fused-ring (bicyclic) bond motifs is 1. The molecule has 1 aliphatic heterocycles. The number of carbonyl (C=O) groups excluding carboxylic acids is 2. The molecule has 0 atom stereocenters. The second kappa shape index (κ2) is 11.4. The Bertz CT molecular complexity index is 1390. The number of hydrogen-bond acceptors (Lipinski definition) is 6. The molecular formula is C28H32N4O5S. The van der Waals surface area contributed by atoms with Crippen molar-refractivity contribution in [2.45, 2.75) is 37.0 Å². The molecule has 1 saturated carbocycles. The maximum Gasteiger partial charge on any atom is 0.409 e. The summed E-state index contributed by atoms with van der Waals surface area (Å²) in [7, 11) is -3.88. The standard InChI is InChI=1S/C28H32N4O5S/c33-27(31-16-18-32(19-17-31)28(34)37-20-14-21-5-1-2-6-21)23-10-12-24(13-11-23)30-38(35,36)25-9-3-7-22-8-4-15-29-26(22)25/h3-4,7-13,15,21,30H,1-2,5-6,14,16-20H2. The molecule has 9 nitrogen and oxygen atoms in total. The van der Waals surface area contributed by atoms with Gasteiger partial charge in [-0.15, -0.1) is 0 Å². The van der Waals surface area contributed by atoms with Crippen LogP contribution in [0.15, 0.2) is 65.7 Å². The average Bonchev–Trinajstić information content (AvgIpc) is 3.46. The first kappa shape index (κ1) is 26.0. The Morgan fingerprint density at radius 2 is 1.61 bits per heavy atom. The smallest absolute Gasteiger partial charge is 0.409 e. The van der Waals surface area contributed by atoms with Gasteiger partial charge in [0.25, 0.3) is 15.9 Å². The van der Waals surface area contributed by atoms with Gasteiger partial charge in [0.2, 0.25) is 0 Å². The monoisotopic (exact) mass is 536 g/mol. The highest BCUT2D eigenvalue weighted by Gasteiger charge is 2.26. The highest BCUT2D eigenvalue weighted by Crippen LogP contribution is 2.27. The van der Waals surface area contributed by atoms with Gasteiger partial charge in [-0.2, -0.15) is 0 Å². The number of sulfonamides is 1. The van der Waals surface area contributed by atoms with Crippen LogP contribution in [0.25, 0.3) is 10.9 Å². The van der Waals surface area contributed by atoms with Crippen molar-refractivity contribution >= 4 is 38.6 Å². The Balaban J connectivity index is 1.14. The molecule has 2 fully saturated rings. The van der Waals surface area contributed by atoms with E-state index in [1.807, 2.05) is 12.1 Å². The summed E-state index contributed by atoms with van der Waals surface area (Å²) in [6.07, 6.45) is 7.18. The summed E-state index contributed by atoms with van der Waals surface area (Å²) in [6, 6.07) is 14.9. The minimum absolute atomic E-state index is 0.0886. The highest BCUT2D eigenvalue weighted by atomic mass is 32.2. The molecule has 200 valence electrons. The topological polar surface area (TPSA) is 109 Å². The molecule has 1 N–H and O–H groups in total. The molecule has 0 radical (unpaired) electrons. The molecule has 0 bridgehead atoms. The fraction of sp³-hybridized carbons (Fsp3) is 0.393. The summed E-state index contributed by atoms with van der Waals surface area (Å²) in [5, 5.41) is 0.730. The van der Waals surface area contributed by atoms with Gasteiger partial charge in [-0.25, -0.2) is 13.2 Å². The Kier molecular flexibility index (Phi) is 7.78. The van der Waals surface area contributed by atoms with Gasteiger partial charge >= 0.3 is 6.09 Å². The molecule has 1 saturated heterocycles. The summed E-state index contributed by atoms with van der Waals surface area (Å²) < 4.78 is 34.1. The van der Waals surface area contributed by atoms with Gasteiger partial charge in [-0.3, -0.25) is 14.5 Å². The van der Waals surface area contributed by atoms with E-state index in [1.165, 1.54) is 31.7 Å². The van der Waals surface area contributed by atoms with Crippen molar-refractivity contribution in [2.75, 3.05) is 37.5 Å². The summed E-state index contributed by atoms with van der Waals surface area (Å²) >= 11 is 0. The van der Waals surface area contributed by atoms with Crippen LogP contribution in [0.4, 0.5) is 10.5 Å². The van der Waals surface area contributed by atoms with Crippen LogP contribution in [0.2, 0.25) is 0 Å². The fourth-order valence-electron chi connectivity index (χ4n) is 5.16. The van der Waals surface area contributed by atoms with E-state index in [0.717, 1.165) is 11.8 Å². The summed E-state index contributed by atoms with van der Waals surface area (Å²) in [5.74, 6) is 0.515. The van der Waals surface area contributed by atoms with Crippen molar-refractivity contribution in [2.24, 2.45) is 5.92 Å². The molecule has 0 unspecified atom stereocenters. The van der Waals surface area contributed by atoms with E-state index in [-0.39, 0.29) is 16.9 Å². The Hall–Kier alpha value is -3.66. The van der Waals surface area contributed by atoms with Gasteiger partial charge in [0.1, 0.15) is 4.90 Å². The SMILES string of the molecule is O=C(OCCC1CCCC1)N1CCN(C(=O)c2ccc(NS(=O)(=O)c3cccc4cccnc34)cc2)CC1. The normalized spacial score (nSPS) is 16.5. The molecular weight excluding hydrogens is 504 g/mol. The van der Waals surface area contributed by atoms with Crippen LogP contribution in [0.1, 0.15) is 42.5 Å². The Morgan fingerprint density at radius 3 is 2.34 bits per heavy atom. The molecule has 2 aliphatic rings. The van der Waals surface area contributed by atoms with Crippen LogP contribution in [0, 0.1) is 5.92 Å². The Labute approximate surface area is 222 Å². The number of piperazine rings is 1. The van der Waals surface area contributed by atoms with E-state index in [0.29, 0.717) is 55.5 Å². The largest absolute Gasteiger partial charge is 0.449 e. The van der Waals surface area contributed by atoms with Crippen LogP contribution in [0.5, 0.6) is 0 Å². The van der Waals surface area contributed by atoms with Gasteiger partial charge in [-0.05, 0) is 48.7 Å². The zero-order valence-corrected chi connectivity index (χ0v) is 22.0. The van der Waals surface area contributed by atoms with Crippen molar-refractivity contribution in [3.05, 3.63) is 66.4 Å². The van der Waals surface area contributed by atoms with Crippen LogP contribution in [-0.4, -0.2) is 68.0 Å². The van der Waals surface area contributed by atoms with E-state index >= 15 is 0 Å². The summed E-state index contributed by atoms with van der Waals surface area (Å²) in [5.41, 5.74) is 1.19. The van der Waals surface area contributed by atoms with Crippen LogP contribution < -0.4 is 4.72 Å². The molecule has 10 heteroatoms. The molecule has 5 rings (SSSR count). The number of pyridine rings is 1. The van der Waals surface area contributed by atoms with Crippen molar-refractivity contribution in [1.82, 2.24) is 14.8 Å². The molecule has 3 aromatic rings. The first-order chi connectivity index (χ1) is 18.4. The minimum atomic E-state index is -3.88. The lowest BCUT2D eigenvalue weighted by molar-refractivity contribution is 0.0549. The average molecular weight is 537 g/mol. The van der Waals surface area contributed by atoms with Gasteiger partial charge < -0.3 is 14.5 Å². The van der Waals surface area contributed by atoms with Crippen molar-refractivity contribution in [3.8, 4) is 0 Å². The third-order valence-corrected chi connectivity index (χ3v) is 8.73. The van der Waals surface area contributed by atoms with Gasteiger partial charge in [0.15, 0.2) is 0 Å². The zero-order valence-electron chi connectivity index (χ0n) is 21.2. The molecule has 38 heavy (non-hydrogen) atoms. The van der Waals surface area contributed by atoms with Gasteiger partial charge in [-0.1, -0.05) is 43.9 Å². The highest BCUT2D eigenvalue weighted by molar-refractivity contribution is 7.93. The van der Waals surface area contributed by atoms with Crippen LogP contribution in [-0.2, 0) is 14.8 Å². The Morgan fingerprint density at radius 1 is 0.921 bits per heavy atom. The number of anilines is 1. The summed E-state index contributed by atoms with van der Waals surface area (Å²) in [4.78, 5) is 33.0. The lowest BCUT2D eigenvalue weighted by Crippen LogP contribution is -2.50. The number of para-hydroxylation sites is 1. The second-order valence-electron chi connectivity index (χ2n) is 9.85. The number of aromatic nitrogens is 1. The number of carbonyl (C=O) groups is 2. The number of hydrogen-bond donors (Lipinski definition) is 1. The fourth-order valence-corrected chi connectivity index (χ4v) is 6.40. The van der Waals surface area contributed by atoms with Crippen molar-refractivity contribution in [3.63, 3.8) is 0 Å². The molecule has 0 spiro atoms. The predicted molar refractivity (Wildman–Crippen MR) is 144 cm³/mol. The van der Waals surface area contributed by atoms with E-state index in [4.69, 9.17) is 4.74 Å². The van der Waals surface area contributed by atoms with Crippen LogP contribution in [0.3, 0.4) is 0 Å². The number of benzene rings is 2. The lowest BCUT2D eigenvalue weighted by Gasteiger charge is -2.34. The number of amides is 2. The maximum atomic E-state index is 13.0. The quantitative estimate of drug-likeness (QED) is 0.476. The maximum absolute atomic E-state index is 13.0. The molecule has 1 aromatic heterocycles. The first-order valence-corrected chi connectivity index (χ1v) is 14.6. The third kappa shape index (κ3) is 5.91. The van der Waals surface area contributed by atoms with E-state index in [2.05, 4.69) is 9.71 Å². The van der Waals surface area contributed by atoms with Crippen molar-refractivity contribution in [1.29, 1.82) is 0 Å². The molecule has 2 amide bonds. The third-order valence-electron chi connectivity index (χ3n) is 7.32. The van der Waals surface area contributed by atoms with Crippen molar-refractivity contribution < 1.29 is 22.7 Å². The first-order valence-electron chi connectivity index (χ1n) is 13.1. The number of nitrogens with zero attached hydrogens (tertiary/aromatic N) is 3. The number of ether oxygens (including phenoxy) is 1. The number of rotatable bonds is 7. The van der Waals surface area contributed by atoms with Gasteiger partial charge in [0.05, 0.1) is 12.1 Å². The minimum Gasteiger partial charge on any atom is -0.449 e. The second-order valence-corrected chi connectivity index (χ2v) is 11.5. The zero-order chi connectivity index (χ0) is 26.5. The predicted octanol–water partition coefficient (Wildman–Crippen LogP) is 4.51. The van der Waals surface area contributed by atoms with E-state index in [9.17, 15) is 18.0 Å². The molecule has 2 aromatic carbocycles. The van der Waals surface area contributed by atoms with Gasteiger partial charge in [0, 0.05) is 49.0 Å². The molecule has 1 aliphatic carbocycles. The lowest BCUT2D eigenvalue weighted by atomic mass is 10.1. The number of nitrogens with one attached hydrogen (secondary N) is 1. The summed E-state index contributed by atoms with van der Waals surface area (Å²) in [6.45, 7) is 2.13.